The Morgan fingerprint density at radius 1 is 1.19 bits per heavy atom. The van der Waals surface area contributed by atoms with E-state index in [1.54, 1.807) is 0 Å². The molecule has 2 saturated heterocycles. The van der Waals surface area contributed by atoms with Crippen LogP contribution in [0, 0.1) is 5.92 Å². The van der Waals surface area contributed by atoms with E-state index in [0.717, 1.165) is 49.7 Å². The minimum absolute atomic E-state index is 0.0519. The molecule has 2 fully saturated rings. The highest BCUT2D eigenvalue weighted by Crippen LogP contribution is 2.37. The number of piperidine rings is 2. The minimum atomic E-state index is -0.491. The molecule has 0 aliphatic carbocycles. The molecule has 1 amide bonds. The molecule has 176 valence electrons. The highest BCUT2D eigenvalue weighted by molar-refractivity contribution is 5.79. The van der Waals surface area contributed by atoms with Crippen LogP contribution in [0.5, 0.6) is 0 Å². The summed E-state index contributed by atoms with van der Waals surface area (Å²) in [7, 11) is 2.21. The average molecular weight is 441 g/mol. The van der Waals surface area contributed by atoms with Crippen molar-refractivity contribution in [2.24, 2.45) is 5.92 Å². The lowest BCUT2D eigenvalue weighted by atomic mass is 9.87. The number of carbonyl (C=O) groups excluding carboxylic acids is 1. The van der Waals surface area contributed by atoms with Gasteiger partial charge in [-0.05, 0) is 91.0 Å². The van der Waals surface area contributed by atoms with Crippen LogP contribution in [0.2, 0.25) is 0 Å². The standard InChI is InChI=1S/C26H40N4O2/c1-18-8-11-23(29(16-18)24(31)32-25(2,3)4)19-9-10-22-20(14-19)17-30(27-22)21-12-13-28(7)26(5,6)15-21/h9-10,14,17-18,21,23H,8,11-13,15-16H2,1-7H3/t18-,21-,23+/m0/s1. The highest BCUT2D eigenvalue weighted by atomic mass is 16.6. The summed E-state index contributed by atoms with van der Waals surface area (Å²) in [5, 5.41) is 6.08. The molecule has 0 spiro atoms. The number of amides is 1. The molecule has 1 aromatic carbocycles. The van der Waals surface area contributed by atoms with Gasteiger partial charge in [0.05, 0.1) is 17.6 Å². The average Bonchev–Trinajstić information content (AvgIpc) is 3.12. The van der Waals surface area contributed by atoms with Gasteiger partial charge in [-0.15, -0.1) is 0 Å². The zero-order chi connectivity index (χ0) is 23.3. The van der Waals surface area contributed by atoms with Crippen molar-refractivity contribution in [3.8, 4) is 0 Å². The molecular formula is C26H40N4O2. The van der Waals surface area contributed by atoms with Crippen molar-refractivity contribution < 1.29 is 9.53 Å². The molecule has 0 unspecified atom stereocenters. The summed E-state index contributed by atoms with van der Waals surface area (Å²) in [5.41, 5.74) is 1.89. The third kappa shape index (κ3) is 4.80. The zero-order valence-electron chi connectivity index (χ0n) is 20.9. The normalized spacial score (nSPS) is 27.0. The lowest BCUT2D eigenvalue weighted by Gasteiger charge is -2.43. The van der Waals surface area contributed by atoms with Gasteiger partial charge in [0, 0.05) is 30.2 Å². The third-order valence-corrected chi connectivity index (χ3v) is 7.32. The molecule has 2 aliphatic rings. The van der Waals surface area contributed by atoms with Crippen molar-refractivity contribution in [2.75, 3.05) is 20.1 Å². The van der Waals surface area contributed by atoms with Crippen molar-refractivity contribution in [3.05, 3.63) is 30.0 Å². The van der Waals surface area contributed by atoms with Crippen LogP contribution >= 0.6 is 0 Å². The Balaban J connectivity index is 1.59. The number of ether oxygens (including phenoxy) is 1. The molecule has 3 heterocycles. The number of benzene rings is 1. The summed E-state index contributed by atoms with van der Waals surface area (Å²) in [6.07, 6.45) is 6.28. The smallest absolute Gasteiger partial charge is 0.410 e. The first kappa shape index (κ1) is 23.1. The van der Waals surface area contributed by atoms with Gasteiger partial charge >= 0.3 is 6.09 Å². The van der Waals surface area contributed by atoms with Gasteiger partial charge in [-0.3, -0.25) is 4.68 Å². The van der Waals surface area contributed by atoms with Gasteiger partial charge in [-0.1, -0.05) is 13.0 Å². The predicted octanol–water partition coefficient (Wildman–Crippen LogP) is 5.79. The quantitative estimate of drug-likeness (QED) is 0.593. The van der Waals surface area contributed by atoms with Crippen LogP contribution in [0.25, 0.3) is 10.9 Å². The van der Waals surface area contributed by atoms with Crippen LogP contribution in [-0.4, -0.2) is 57.0 Å². The summed E-state index contributed by atoms with van der Waals surface area (Å²) < 4.78 is 7.92. The number of likely N-dealkylation sites (tertiary alicyclic amines) is 2. The zero-order valence-corrected chi connectivity index (χ0v) is 20.9. The molecule has 6 nitrogen and oxygen atoms in total. The van der Waals surface area contributed by atoms with E-state index in [1.807, 2.05) is 25.7 Å². The summed E-state index contributed by atoms with van der Waals surface area (Å²) in [5.74, 6) is 0.484. The largest absolute Gasteiger partial charge is 0.444 e. The van der Waals surface area contributed by atoms with Crippen LogP contribution in [0.1, 0.15) is 84.9 Å². The maximum absolute atomic E-state index is 13.0. The van der Waals surface area contributed by atoms with Crippen LogP contribution in [0.3, 0.4) is 0 Å². The van der Waals surface area contributed by atoms with E-state index in [9.17, 15) is 4.79 Å². The first-order chi connectivity index (χ1) is 14.9. The van der Waals surface area contributed by atoms with E-state index in [1.165, 1.54) is 5.56 Å². The van der Waals surface area contributed by atoms with Gasteiger partial charge in [0.2, 0.25) is 0 Å². The van der Waals surface area contributed by atoms with Gasteiger partial charge in [0.15, 0.2) is 0 Å². The topological polar surface area (TPSA) is 50.6 Å². The molecule has 2 aliphatic heterocycles. The number of aromatic nitrogens is 2. The molecular weight excluding hydrogens is 400 g/mol. The van der Waals surface area contributed by atoms with Gasteiger partial charge in [0.25, 0.3) is 0 Å². The van der Waals surface area contributed by atoms with E-state index >= 15 is 0 Å². The number of nitrogens with zero attached hydrogens (tertiary/aromatic N) is 4. The van der Waals surface area contributed by atoms with E-state index < -0.39 is 5.60 Å². The number of fused-ring (bicyclic) bond motifs is 1. The van der Waals surface area contributed by atoms with Gasteiger partial charge < -0.3 is 14.5 Å². The second-order valence-corrected chi connectivity index (χ2v) is 11.6. The second kappa shape index (κ2) is 8.36. The number of hydrogen-bond acceptors (Lipinski definition) is 4. The van der Waals surface area contributed by atoms with Crippen molar-refractivity contribution in [3.63, 3.8) is 0 Å². The maximum atomic E-state index is 13.0. The Kier molecular flexibility index (Phi) is 6.03. The number of carbonyl (C=O) groups is 1. The van der Waals surface area contributed by atoms with Crippen LogP contribution in [0.4, 0.5) is 4.79 Å². The molecule has 0 bridgehead atoms. The summed E-state index contributed by atoms with van der Waals surface area (Å²) >= 11 is 0. The molecule has 1 aromatic heterocycles. The van der Waals surface area contributed by atoms with Gasteiger partial charge in [-0.25, -0.2) is 4.79 Å². The minimum Gasteiger partial charge on any atom is -0.444 e. The van der Waals surface area contributed by atoms with Crippen LogP contribution in [-0.2, 0) is 4.74 Å². The monoisotopic (exact) mass is 440 g/mol. The summed E-state index contributed by atoms with van der Waals surface area (Å²) in [6.45, 7) is 14.5. The second-order valence-electron chi connectivity index (χ2n) is 11.6. The van der Waals surface area contributed by atoms with Gasteiger partial charge in [-0.2, -0.15) is 5.10 Å². The molecule has 0 N–H and O–H groups in total. The van der Waals surface area contributed by atoms with E-state index in [4.69, 9.17) is 9.84 Å². The number of hydrogen-bond donors (Lipinski definition) is 0. The molecule has 6 heteroatoms. The lowest BCUT2D eigenvalue weighted by Crippen LogP contribution is -2.47. The number of rotatable bonds is 2. The van der Waals surface area contributed by atoms with Crippen LogP contribution in [0.15, 0.2) is 24.4 Å². The van der Waals surface area contributed by atoms with Crippen molar-refractivity contribution >= 4 is 17.0 Å². The third-order valence-electron chi connectivity index (χ3n) is 7.32. The first-order valence-electron chi connectivity index (χ1n) is 12.1. The Hall–Kier alpha value is -2.08. The van der Waals surface area contributed by atoms with Crippen molar-refractivity contribution in [1.29, 1.82) is 0 Å². The SMILES string of the molecule is C[C@H]1CC[C@H](c2ccc3nn([C@H]4CCN(C)C(C)(C)C4)cc3c2)N(C(=O)OC(C)(C)C)C1. The molecule has 0 saturated carbocycles. The molecule has 4 rings (SSSR count). The molecule has 2 aromatic rings. The summed E-state index contributed by atoms with van der Waals surface area (Å²) in [6, 6.07) is 6.97. The van der Waals surface area contributed by atoms with E-state index in [2.05, 4.69) is 61.8 Å². The maximum Gasteiger partial charge on any atom is 0.410 e. The Morgan fingerprint density at radius 2 is 1.94 bits per heavy atom. The molecule has 0 radical (unpaired) electrons. The molecule has 3 atom stereocenters. The Morgan fingerprint density at radius 3 is 2.62 bits per heavy atom. The molecule has 32 heavy (non-hydrogen) atoms. The summed E-state index contributed by atoms with van der Waals surface area (Å²) in [4.78, 5) is 17.4. The first-order valence-corrected chi connectivity index (χ1v) is 12.1. The predicted molar refractivity (Wildman–Crippen MR) is 129 cm³/mol. The fourth-order valence-electron chi connectivity index (χ4n) is 5.18. The van der Waals surface area contributed by atoms with Crippen molar-refractivity contribution in [2.45, 2.75) is 90.4 Å². The van der Waals surface area contributed by atoms with Gasteiger partial charge in [0.1, 0.15) is 5.60 Å². The van der Waals surface area contributed by atoms with Crippen LogP contribution < -0.4 is 0 Å². The Bertz CT molecular complexity index is 974. The fourth-order valence-corrected chi connectivity index (χ4v) is 5.18. The van der Waals surface area contributed by atoms with E-state index in [0.29, 0.717) is 12.0 Å². The van der Waals surface area contributed by atoms with Crippen molar-refractivity contribution in [1.82, 2.24) is 19.6 Å². The highest BCUT2D eigenvalue weighted by Gasteiger charge is 2.35. The Labute approximate surface area is 192 Å². The van der Waals surface area contributed by atoms with E-state index in [-0.39, 0.29) is 17.7 Å². The lowest BCUT2D eigenvalue weighted by molar-refractivity contribution is 0.00365. The fraction of sp³-hybridized carbons (Fsp3) is 0.692.